The standard InChI is InChI=1S/C22H20N4O/c1-15-9-11-16(12-10-15)19-14-25-21(24-19)20(18-8-5-13-23-18)22(27)26(25)17-6-3-2-4-7-17/h2-4,6-7,9-12,14,23H,5,8,13H2,1H3/b20-18-. The van der Waals surface area contributed by atoms with E-state index in [1.807, 2.05) is 41.0 Å². The summed E-state index contributed by atoms with van der Waals surface area (Å²) in [4.78, 5) is 18.1. The van der Waals surface area contributed by atoms with Gasteiger partial charge in [0.25, 0.3) is 5.56 Å². The maximum absolute atomic E-state index is 13.3. The number of aromatic nitrogens is 3. The number of hydrogen-bond donors (Lipinski definition) is 1. The zero-order valence-corrected chi connectivity index (χ0v) is 15.1. The molecule has 1 aliphatic heterocycles. The van der Waals surface area contributed by atoms with Crippen LogP contribution in [0, 0.1) is 6.92 Å². The Balaban J connectivity index is 1.84. The van der Waals surface area contributed by atoms with Crippen LogP contribution in [-0.4, -0.2) is 20.7 Å². The lowest BCUT2D eigenvalue weighted by molar-refractivity contribution is 0.778. The molecule has 134 valence electrons. The van der Waals surface area contributed by atoms with Crippen molar-refractivity contribution < 1.29 is 0 Å². The van der Waals surface area contributed by atoms with Crippen LogP contribution >= 0.6 is 0 Å². The minimum Gasteiger partial charge on any atom is -0.388 e. The smallest absolute Gasteiger partial charge is 0.283 e. The number of nitrogens with zero attached hydrogens (tertiary/aromatic N) is 3. The fraction of sp³-hybridized carbons (Fsp3) is 0.182. The maximum Gasteiger partial charge on any atom is 0.283 e. The summed E-state index contributed by atoms with van der Waals surface area (Å²) in [7, 11) is 0. The Hall–Kier alpha value is -3.34. The van der Waals surface area contributed by atoms with Gasteiger partial charge in [-0.05, 0) is 31.9 Å². The molecule has 0 unspecified atom stereocenters. The molecule has 3 heterocycles. The van der Waals surface area contributed by atoms with Crippen LogP contribution in [0.15, 0.2) is 65.6 Å². The monoisotopic (exact) mass is 356 g/mol. The SMILES string of the molecule is Cc1ccc(-c2cn3c(n2)/c(=C2\CCCN2)c(=O)n3-c2ccccc2)cc1. The summed E-state index contributed by atoms with van der Waals surface area (Å²) in [5.74, 6) is 0. The highest BCUT2D eigenvalue weighted by Crippen LogP contribution is 2.20. The summed E-state index contributed by atoms with van der Waals surface area (Å²) in [6.45, 7) is 2.98. The van der Waals surface area contributed by atoms with E-state index in [2.05, 4.69) is 36.5 Å². The molecule has 2 aromatic carbocycles. The summed E-state index contributed by atoms with van der Waals surface area (Å²) < 4.78 is 3.59. The van der Waals surface area contributed by atoms with Gasteiger partial charge in [-0.3, -0.25) is 4.79 Å². The van der Waals surface area contributed by atoms with E-state index in [1.54, 1.807) is 4.68 Å². The van der Waals surface area contributed by atoms with Gasteiger partial charge in [-0.1, -0.05) is 48.0 Å². The van der Waals surface area contributed by atoms with Crippen molar-refractivity contribution >= 4 is 11.3 Å². The van der Waals surface area contributed by atoms with E-state index in [9.17, 15) is 4.79 Å². The molecular formula is C22H20N4O. The van der Waals surface area contributed by atoms with Gasteiger partial charge in [0.1, 0.15) is 5.22 Å². The number of para-hydroxylation sites is 1. The number of hydrogen-bond acceptors (Lipinski definition) is 3. The van der Waals surface area contributed by atoms with Crippen molar-refractivity contribution in [1.29, 1.82) is 0 Å². The molecule has 5 rings (SSSR count). The predicted octanol–water partition coefficient (Wildman–Crippen LogP) is 2.67. The van der Waals surface area contributed by atoms with Gasteiger partial charge in [-0.15, -0.1) is 0 Å². The molecule has 2 aromatic heterocycles. The molecule has 27 heavy (non-hydrogen) atoms. The first-order chi connectivity index (χ1) is 13.2. The molecular weight excluding hydrogens is 336 g/mol. The van der Waals surface area contributed by atoms with Crippen molar-refractivity contribution in [3.8, 4) is 16.9 Å². The first-order valence-electron chi connectivity index (χ1n) is 9.26. The zero-order chi connectivity index (χ0) is 18.4. The topological polar surface area (TPSA) is 51.3 Å². The zero-order valence-electron chi connectivity index (χ0n) is 15.1. The molecule has 0 atom stereocenters. The molecule has 0 amide bonds. The van der Waals surface area contributed by atoms with Crippen molar-refractivity contribution in [2.24, 2.45) is 0 Å². The quantitative estimate of drug-likeness (QED) is 0.601. The fourth-order valence-corrected chi connectivity index (χ4v) is 3.74. The van der Waals surface area contributed by atoms with Crippen LogP contribution < -0.4 is 16.1 Å². The second-order valence-electron chi connectivity index (χ2n) is 7.00. The molecule has 1 saturated heterocycles. The van der Waals surface area contributed by atoms with Crippen LogP contribution in [0.3, 0.4) is 0 Å². The highest BCUT2D eigenvalue weighted by molar-refractivity contribution is 5.65. The van der Waals surface area contributed by atoms with Gasteiger partial charge in [0.05, 0.1) is 17.6 Å². The van der Waals surface area contributed by atoms with Crippen LogP contribution in [-0.2, 0) is 0 Å². The summed E-state index contributed by atoms with van der Waals surface area (Å²) in [6.07, 6.45) is 3.88. The van der Waals surface area contributed by atoms with Crippen LogP contribution in [0.4, 0.5) is 0 Å². The molecule has 5 nitrogen and oxygen atoms in total. The van der Waals surface area contributed by atoms with Gasteiger partial charge in [-0.25, -0.2) is 14.2 Å². The number of aryl methyl sites for hydroxylation is 1. The van der Waals surface area contributed by atoms with Crippen molar-refractivity contribution in [3.05, 3.63) is 81.9 Å². The Morgan fingerprint density at radius 2 is 1.81 bits per heavy atom. The maximum atomic E-state index is 13.3. The largest absolute Gasteiger partial charge is 0.388 e. The Labute approximate surface area is 156 Å². The average Bonchev–Trinajstić information content (AvgIpc) is 3.39. The molecule has 0 bridgehead atoms. The van der Waals surface area contributed by atoms with Crippen LogP contribution in [0.1, 0.15) is 18.4 Å². The summed E-state index contributed by atoms with van der Waals surface area (Å²) in [5, 5.41) is 4.07. The lowest BCUT2D eigenvalue weighted by Crippen LogP contribution is -2.32. The summed E-state index contributed by atoms with van der Waals surface area (Å²) >= 11 is 0. The molecule has 0 saturated carbocycles. The number of imidazole rings is 1. The Bertz CT molecular complexity index is 1230. The van der Waals surface area contributed by atoms with E-state index in [0.717, 1.165) is 42.0 Å². The minimum atomic E-state index is -0.0245. The van der Waals surface area contributed by atoms with E-state index >= 15 is 0 Å². The first kappa shape index (κ1) is 15.9. The van der Waals surface area contributed by atoms with Gasteiger partial charge in [-0.2, -0.15) is 0 Å². The normalized spacial score (nSPS) is 16.0. The minimum absolute atomic E-state index is 0.0245. The third kappa shape index (κ3) is 2.54. The van der Waals surface area contributed by atoms with Crippen LogP contribution in [0.5, 0.6) is 0 Å². The second-order valence-corrected chi connectivity index (χ2v) is 7.00. The van der Waals surface area contributed by atoms with Gasteiger partial charge >= 0.3 is 0 Å². The van der Waals surface area contributed by atoms with Crippen molar-refractivity contribution in [2.45, 2.75) is 19.8 Å². The predicted molar refractivity (Wildman–Crippen MR) is 107 cm³/mol. The molecule has 1 fully saturated rings. The van der Waals surface area contributed by atoms with Crippen LogP contribution in [0.25, 0.3) is 28.3 Å². The van der Waals surface area contributed by atoms with Crippen molar-refractivity contribution in [2.75, 3.05) is 6.54 Å². The number of rotatable bonds is 2. The molecule has 1 N–H and O–H groups in total. The van der Waals surface area contributed by atoms with Gasteiger partial charge in [0, 0.05) is 17.8 Å². The van der Waals surface area contributed by atoms with E-state index in [1.165, 1.54) is 5.56 Å². The van der Waals surface area contributed by atoms with Gasteiger partial charge in [0.2, 0.25) is 0 Å². The lowest BCUT2D eigenvalue weighted by atomic mass is 10.1. The first-order valence-corrected chi connectivity index (χ1v) is 9.26. The Kier molecular flexibility index (Phi) is 3.60. The summed E-state index contributed by atoms with van der Waals surface area (Å²) in [5.41, 5.74) is 5.66. The van der Waals surface area contributed by atoms with Crippen LogP contribution in [0.2, 0.25) is 0 Å². The van der Waals surface area contributed by atoms with Crippen molar-refractivity contribution in [1.82, 2.24) is 19.5 Å². The molecule has 5 heteroatoms. The number of fused-ring (bicyclic) bond motifs is 1. The molecule has 4 aromatic rings. The third-order valence-electron chi connectivity index (χ3n) is 5.13. The lowest BCUT2D eigenvalue weighted by Gasteiger charge is -2.03. The molecule has 1 aliphatic rings. The highest BCUT2D eigenvalue weighted by Gasteiger charge is 2.19. The van der Waals surface area contributed by atoms with E-state index in [4.69, 9.17) is 4.98 Å². The second kappa shape index (κ2) is 6.13. The van der Waals surface area contributed by atoms with E-state index in [-0.39, 0.29) is 5.56 Å². The van der Waals surface area contributed by atoms with Gasteiger partial charge < -0.3 is 5.32 Å². The third-order valence-corrected chi connectivity index (χ3v) is 5.13. The fourth-order valence-electron chi connectivity index (χ4n) is 3.74. The molecule has 0 aliphatic carbocycles. The summed E-state index contributed by atoms with van der Waals surface area (Å²) in [6, 6.07) is 18.0. The average molecular weight is 356 g/mol. The molecule has 0 spiro atoms. The molecule has 0 radical (unpaired) electrons. The van der Waals surface area contributed by atoms with Gasteiger partial charge in [0.15, 0.2) is 5.65 Å². The van der Waals surface area contributed by atoms with E-state index in [0.29, 0.717) is 10.9 Å². The Morgan fingerprint density at radius 1 is 1.04 bits per heavy atom. The van der Waals surface area contributed by atoms with Crippen molar-refractivity contribution in [3.63, 3.8) is 0 Å². The highest BCUT2D eigenvalue weighted by atomic mass is 16.1. The number of nitrogens with one attached hydrogen (secondary N) is 1. The Morgan fingerprint density at radius 3 is 2.52 bits per heavy atom. The number of benzene rings is 2. The van der Waals surface area contributed by atoms with E-state index < -0.39 is 0 Å².